The summed E-state index contributed by atoms with van der Waals surface area (Å²) in [7, 11) is 0. The van der Waals surface area contributed by atoms with Crippen LogP contribution in [0.3, 0.4) is 0 Å². The third-order valence-corrected chi connectivity index (χ3v) is 2.26. The van der Waals surface area contributed by atoms with Crippen LogP contribution in [0.4, 0.5) is 5.82 Å². The lowest BCUT2D eigenvalue weighted by Gasteiger charge is -2.17. The van der Waals surface area contributed by atoms with Crippen molar-refractivity contribution in [2.75, 3.05) is 5.32 Å². The number of rotatable bonds is 1. The Kier molecular flexibility index (Phi) is 2.00. The van der Waals surface area contributed by atoms with E-state index in [1.54, 1.807) is 6.34 Å². The van der Waals surface area contributed by atoms with Gasteiger partial charge in [0.1, 0.15) is 5.82 Å². The van der Waals surface area contributed by atoms with E-state index >= 15 is 0 Å². The Morgan fingerprint density at radius 3 is 3.08 bits per heavy atom. The van der Waals surface area contributed by atoms with Gasteiger partial charge >= 0.3 is 0 Å². The molecule has 0 bridgehead atoms. The molecule has 0 saturated heterocycles. The number of aromatic nitrogens is 1. The molecule has 0 fully saturated rings. The van der Waals surface area contributed by atoms with Crippen molar-refractivity contribution in [3.63, 3.8) is 0 Å². The Balaban J connectivity index is 2.49. The van der Waals surface area contributed by atoms with Crippen molar-refractivity contribution in [3.8, 4) is 0 Å². The van der Waals surface area contributed by atoms with Crippen molar-refractivity contribution in [3.05, 3.63) is 23.4 Å². The second-order valence-electron chi connectivity index (χ2n) is 3.50. The second-order valence-corrected chi connectivity index (χ2v) is 3.50. The first kappa shape index (κ1) is 8.23. The van der Waals surface area contributed by atoms with Crippen LogP contribution in [-0.4, -0.2) is 11.3 Å². The highest BCUT2D eigenvalue weighted by atomic mass is 15.0. The number of pyridine rings is 1. The SMILES string of the molecule is CC(C)c1ccnc2c1CN=CN2. The first-order valence-corrected chi connectivity index (χ1v) is 4.51. The molecule has 13 heavy (non-hydrogen) atoms. The summed E-state index contributed by atoms with van der Waals surface area (Å²) in [5, 5.41) is 3.06. The number of nitrogens with one attached hydrogen (secondary N) is 1. The first-order chi connectivity index (χ1) is 6.29. The van der Waals surface area contributed by atoms with Crippen LogP contribution in [0, 0.1) is 0 Å². The van der Waals surface area contributed by atoms with Gasteiger partial charge in [0.25, 0.3) is 0 Å². The summed E-state index contributed by atoms with van der Waals surface area (Å²) < 4.78 is 0. The van der Waals surface area contributed by atoms with Crippen molar-refractivity contribution in [1.29, 1.82) is 0 Å². The zero-order valence-electron chi connectivity index (χ0n) is 7.91. The predicted octanol–water partition coefficient (Wildman–Crippen LogP) is 2.16. The van der Waals surface area contributed by atoms with E-state index in [0.29, 0.717) is 5.92 Å². The van der Waals surface area contributed by atoms with Crippen molar-refractivity contribution in [2.45, 2.75) is 26.3 Å². The largest absolute Gasteiger partial charge is 0.331 e. The van der Waals surface area contributed by atoms with Crippen molar-refractivity contribution >= 4 is 12.2 Å². The molecule has 0 aliphatic carbocycles. The van der Waals surface area contributed by atoms with Gasteiger partial charge in [0.05, 0.1) is 12.9 Å². The average molecular weight is 175 g/mol. The van der Waals surface area contributed by atoms with Gasteiger partial charge in [-0.15, -0.1) is 0 Å². The van der Waals surface area contributed by atoms with E-state index in [0.717, 1.165) is 12.4 Å². The van der Waals surface area contributed by atoms with Gasteiger partial charge in [-0.2, -0.15) is 0 Å². The van der Waals surface area contributed by atoms with Gasteiger partial charge in [0.15, 0.2) is 0 Å². The summed E-state index contributed by atoms with van der Waals surface area (Å²) in [6.07, 6.45) is 3.56. The Hall–Kier alpha value is -1.38. The molecule has 1 aliphatic heterocycles. The maximum Gasteiger partial charge on any atom is 0.136 e. The fourth-order valence-electron chi connectivity index (χ4n) is 1.58. The molecule has 3 heteroatoms. The van der Waals surface area contributed by atoms with Crippen LogP contribution < -0.4 is 5.32 Å². The fourth-order valence-corrected chi connectivity index (χ4v) is 1.58. The third kappa shape index (κ3) is 1.41. The van der Waals surface area contributed by atoms with E-state index in [1.807, 2.05) is 6.20 Å². The topological polar surface area (TPSA) is 37.3 Å². The predicted molar refractivity (Wildman–Crippen MR) is 54.1 cm³/mol. The van der Waals surface area contributed by atoms with Crippen LogP contribution in [0.15, 0.2) is 17.3 Å². The van der Waals surface area contributed by atoms with Gasteiger partial charge in [-0.05, 0) is 17.5 Å². The van der Waals surface area contributed by atoms with Crippen LogP contribution in [0.2, 0.25) is 0 Å². The smallest absolute Gasteiger partial charge is 0.136 e. The summed E-state index contributed by atoms with van der Waals surface area (Å²) in [6, 6.07) is 2.08. The van der Waals surface area contributed by atoms with Gasteiger partial charge < -0.3 is 5.32 Å². The first-order valence-electron chi connectivity index (χ1n) is 4.51. The van der Waals surface area contributed by atoms with Gasteiger partial charge in [-0.1, -0.05) is 13.8 Å². The summed E-state index contributed by atoms with van der Waals surface area (Å²) in [4.78, 5) is 8.45. The van der Waals surface area contributed by atoms with E-state index in [2.05, 4.69) is 35.2 Å². The number of aliphatic imine (C=N–C) groups is 1. The van der Waals surface area contributed by atoms with Crippen molar-refractivity contribution < 1.29 is 0 Å². The number of hydrogen-bond acceptors (Lipinski definition) is 3. The van der Waals surface area contributed by atoms with Gasteiger partial charge in [-0.3, -0.25) is 4.99 Å². The molecule has 0 aromatic carbocycles. The minimum absolute atomic E-state index is 0.534. The molecule has 68 valence electrons. The van der Waals surface area contributed by atoms with Crippen LogP contribution in [0.5, 0.6) is 0 Å². The molecule has 0 saturated carbocycles. The number of nitrogens with zero attached hydrogens (tertiary/aromatic N) is 2. The number of hydrogen-bond donors (Lipinski definition) is 1. The Morgan fingerprint density at radius 2 is 2.31 bits per heavy atom. The van der Waals surface area contributed by atoms with E-state index < -0.39 is 0 Å². The minimum Gasteiger partial charge on any atom is -0.331 e. The van der Waals surface area contributed by atoms with E-state index in [9.17, 15) is 0 Å². The van der Waals surface area contributed by atoms with Crippen LogP contribution in [-0.2, 0) is 6.54 Å². The monoisotopic (exact) mass is 175 g/mol. The lowest BCUT2D eigenvalue weighted by Crippen LogP contribution is -2.10. The van der Waals surface area contributed by atoms with Crippen LogP contribution in [0.25, 0.3) is 0 Å². The van der Waals surface area contributed by atoms with Gasteiger partial charge in [-0.25, -0.2) is 4.98 Å². The number of fused-ring (bicyclic) bond motifs is 1. The molecule has 0 unspecified atom stereocenters. The lowest BCUT2D eigenvalue weighted by atomic mass is 9.98. The molecule has 0 spiro atoms. The van der Waals surface area contributed by atoms with Crippen LogP contribution in [0.1, 0.15) is 30.9 Å². The van der Waals surface area contributed by atoms with Gasteiger partial charge in [0.2, 0.25) is 0 Å². The molecular formula is C10H13N3. The maximum atomic E-state index is 4.26. The molecule has 1 aliphatic rings. The highest BCUT2D eigenvalue weighted by Crippen LogP contribution is 2.26. The molecule has 2 heterocycles. The standard InChI is InChI=1S/C10H13N3/c1-7(2)8-3-4-12-10-9(8)5-11-6-13-10/h3-4,6-7H,5H2,1-2H3,(H,11,12,13). The molecule has 0 radical (unpaired) electrons. The minimum atomic E-state index is 0.534. The molecule has 2 rings (SSSR count). The van der Waals surface area contributed by atoms with E-state index in [1.165, 1.54) is 11.1 Å². The molecule has 1 aromatic rings. The Labute approximate surface area is 77.9 Å². The third-order valence-electron chi connectivity index (χ3n) is 2.26. The van der Waals surface area contributed by atoms with Crippen molar-refractivity contribution in [1.82, 2.24) is 4.98 Å². The summed E-state index contributed by atoms with van der Waals surface area (Å²) >= 11 is 0. The normalized spacial score (nSPS) is 14.1. The zero-order chi connectivity index (χ0) is 9.26. The highest BCUT2D eigenvalue weighted by Gasteiger charge is 2.13. The summed E-state index contributed by atoms with van der Waals surface area (Å²) in [6.45, 7) is 5.13. The molecule has 1 aromatic heterocycles. The quantitative estimate of drug-likeness (QED) is 0.710. The van der Waals surface area contributed by atoms with Crippen molar-refractivity contribution in [2.24, 2.45) is 4.99 Å². The maximum absolute atomic E-state index is 4.26. The Morgan fingerprint density at radius 1 is 1.46 bits per heavy atom. The number of anilines is 1. The molecule has 0 amide bonds. The molecule has 1 N–H and O–H groups in total. The average Bonchev–Trinajstić information content (AvgIpc) is 2.17. The summed E-state index contributed by atoms with van der Waals surface area (Å²) in [5.74, 6) is 1.49. The molecule has 0 atom stereocenters. The van der Waals surface area contributed by atoms with Gasteiger partial charge in [0, 0.05) is 11.8 Å². The lowest BCUT2D eigenvalue weighted by molar-refractivity contribution is 0.833. The molecule has 3 nitrogen and oxygen atoms in total. The molecular weight excluding hydrogens is 162 g/mol. The van der Waals surface area contributed by atoms with E-state index in [-0.39, 0.29) is 0 Å². The van der Waals surface area contributed by atoms with Crippen LogP contribution >= 0.6 is 0 Å². The summed E-state index contributed by atoms with van der Waals surface area (Å²) in [5.41, 5.74) is 2.58. The second kappa shape index (κ2) is 3.17. The fraction of sp³-hybridized carbons (Fsp3) is 0.400. The van der Waals surface area contributed by atoms with E-state index in [4.69, 9.17) is 0 Å². The zero-order valence-corrected chi connectivity index (χ0v) is 7.91. The Bertz CT molecular complexity index is 342. The highest BCUT2D eigenvalue weighted by molar-refractivity contribution is 5.78.